The molecule has 0 saturated heterocycles. The molecule has 0 aliphatic heterocycles. The average molecular weight is 592 g/mol. The first kappa shape index (κ1) is 24.8. The van der Waals surface area contributed by atoms with Crippen molar-refractivity contribution in [2.75, 3.05) is 0 Å². The van der Waals surface area contributed by atoms with Crippen LogP contribution in [0, 0.1) is 0 Å². The van der Waals surface area contributed by atoms with E-state index in [0.717, 1.165) is 33.1 Å². The zero-order chi connectivity index (χ0) is 29.5. The van der Waals surface area contributed by atoms with Crippen LogP contribution in [0.2, 0.25) is 0 Å². The zero-order valence-electron chi connectivity index (χ0n) is 24.2. The van der Waals surface area contributed by atoms with E-state index < -0.39 is 0 Å². The highest BCUT2D eigenvalue weighted by Crippen LogP contribution is 2.42. The molecule has 0 atom stereocenters. The molecule has 0 unspecified atom stereocenters. The van der Waals surface area contributed by atoms with Gasteiger partial charge in [0, 0.05) is 47.4 Å². The highest BCUT2D eigenvalue weighted by molar-refractivity contribution is 7.26. The molecule has 2 nitrogen and oxygen atoms in total. The van der Waals surface area contributed by atoms with Crippen molar-refractivity contribution in [1.29, 1.82) is 0 Å². The first-order chi connectivity index (χ1) is 22.3. The number of hydrogen-bond acceptors (Lipinski definition) is 2. The molecule has 0 saturated carbocycles. The summed E-state index contributed by atoms with van der Waals surface area (Å²) in [5.41, 5.74) is 10.2. The maximum atomic E-state index is 6.52. The van der Waals surface area contributed by atoms with Gasteiger partial charge in [-0.3, -0.25) is 0 Å². The third-order valence-corrected chi connectivity index (χ3v) is 10.5. The standard InChI is InChI=1S/C42H25NOS/c1-4-13-37-31(8-1)34-24-25-35-32-9-2-5-14-38(32)44-41(35)40(34)43(37)29-22-20-27(21-23-29)26-16-18-28(19-17-26)30-11-7-12-36-33-10-3-6-15-39(33)45-42(30)36/h1-25H. The fourth-order valence-corrected chi connectivity index (χ4v) is 8.36. The molecule has 3 aromatic heterocycles. The van der Waals surface area contributed by atoms with E-state index in [1.54, 1.807) is 0 Å². The Labute approximate surface area is 263 Å². The molecule has 210 valence electrons. The van der Waals surface area contributed by atoms with E-state index in [1.807, 2.05) is 17.4 Å². The second-order valence-corrected chi connectivity index (χ2v) is 12.7. The molecule has 0 aliphatic carbocycles. The first-order valence-electron chi connectivity index (χ1n) is 15.3. The Hall–Kier alpha value is -5.64. The van der Waals surface area contributed by atoms with Crippen molar-refractivity contribution in [2.45, 2.75) is 0 Å². The minimum absolute atomic E-state index is 0.916. The molecular weight excluding hydrogens is 567 g/mol. The van der Waals surface area contributed by atoms with Crippen LogP contribution < -0.4 is 0 Å². The Morgan fingerprint density at radius 2 is 1.09 bits per heavy atom. The highest BCUT2D eigenvalue weighted by atomic mass is 32.1. The molecule has 0 amide bonds. The number of furan rings is 1. The molecule has 0 spiro atoms. The van der Waals surface area contributed by atoms with Gasteiger partial charge in [-0.15, -0.1) is 11.3 Å². The molecule has 0 aliphatic rings. The molecule has 10 aromatic rings. The summed E-state index contributed by atoms with van der Waals surface area (Å²) < 4.78 is 11.6. The largest absolute Gasteiger partial charge is 0.454 e. The fraction of sp³-hybridized carbons (Fsp3) is 0. The van der Waals surface area contributed by atoms with Gasteiger partial charge < -0.3 is 8.98 Å². The molecule has 0 bridgehead atoms. The van der Waals surface area contributed by atoms with Gasteiger partial charge in [0.1, 0.15) is 5.58 Å². The number of fused-ring (bicyclic) bond motifs is 10. The van der Waals surface area contributed by atoms with E-state index in [9.17, 15) is 0 Å². The van der Waals surface area contributed by atoms with Crippen LogP contribution in [0.5, 0.6) is 0 Å². The maximum absolute atomic E-state index is 6.52. The van der Waals surface area contributed by atoms with Crippen LogP contribution in [0.4, 0.5) is 0 Å². The molecule has 3 heterocycles. The Bertz CT molecular complexity index is 2740. The Kier molecular flexibility index (Phi) is 5.19. The summed E-state index contributed by atoms with van der Waals surface area (Å²) in [5.74, 6) is 0. The predicted octanol–water partition coefficient (Wildman–Crippen LogP) is 12.4. The normalized spacial score (nSPS) is 12.0. The zero-order valence-corrected chi connectivity index (χ0v) is 25.0. The number of hydrogen-bond donors (Lipinski definition) is 0. The predicted molar refractivity (Wildman–Crippen MR) is 192 cm³/mol. The fourth-order valence-electron chi connectivity index (χ4n) is 7.12. The molecule has 45 heavy (non-hydrogen) atoms. The summed E-state index contributed by atoms with van der Waals surface area (Å²) in [5, 5.41) is 7.38. The third kappa shape index (κ3) is 3.62. The van der Waals surface area contributed by atoms with E-state index in [-0.39, 0.29) is 0 Å². The van der Waals surface area contributed by atoms with Crippen molar-refractivity contribution < 1.29 is 4.42 Å². The van der Waals surface area contributed by atoms with Crippen LogP contribution in [-0.2, 0) is 0 Å². The SMILES string of the molecule is c1ccc2c(c1)oc1c2ccc2c3ccccc3n(-c3ccc(-c4ccc(-c5cccc6c5sc5ccccc56)cc4)cc3)c21. The number of benzene rings is 7. The van der Waals surface area contributed by atoms with Gasteiger partial charge in [-0.1, -0.05) is 115 Å². The van der Waals surface area contributed by atoms with E-state index in [1.165, 1.54) is 58.7 Å². The number of thiophene rings is 1. The van der Waals surface area contributed by atoms with Crippen molar-refractivity contribution in [3.05, 3.63) is 152 Å². The van der Waals surface area contributed by atoms with Crippen LogP contribution in [0.15, 0.2) is 156 Å². The number of nitrogens with zero attached hydrogens (tertiary/aromatic N) is 1. The lowest BCUT2D eigenvalue weighted by Gasteiger charge is -2.10. The highest BCUT2D eigenvalue weighted by Gasteiger charge is 2.19. The van der Waals surface area contributed by atoms with Gasteiger partial charge >= 0.3 is 0 Å². The summed E-state index contributed by atoms with van der Waals surface area (Å²) in [6, 6.07) is 54.7. The van der Waals surface area contributed by atoms with Crippen molar-refractivity contribution >= 4 is 75.3 Å². The summed E-state index contributed by atoms with van der Waals surface area (Å²) in [6.45, 7) is 0. The van der Waals surface area contributed by atoms with Crippen LogP contribution in [0.25, 0.3) is 91.9 Å². The Balaban J connectivity index is 1.08. The third-order valence-electron chi connectivity index (χ3n) is 9.24. The lowest BCUT2D eigenvalue weighted by Crippen LogP contribution is -1.94. The molecular formula is C42H25NOS. The van der Waals surface area contributed by atoms with Gasteiger partial charge in [0.25, 0.3) is 0 Å². The van der Waals surface area contributed by atoms with Gasteiger partial charge in [0.15, 0.2) is 5.58 Å². The smallest absolute Gasteiger partial charge is 0.160 e. The van der Waals surface area contributed by atoms with Gasteiger partial charge in [0.05, 0.1) is 11.0 Å². The van der Waals surface area contributed by atoms with Crippen molar-refractivity contribution in [1.82, 2.24) is 4.57 Å². The van der Waals surface area contributed by atoms with Gasteiger partial charge in [-0.25, -0.2) is 0 Å². The van der Waals surface area contributed by atoms with Gasteiger partial charge in [0.2, 0.25) is 0 Å². The summed E-state index contributed by atoms with van der Waals surface area (Å²) in [6.07, 6.45) is 0. The van der Waals surface area contributed by atoms with E-state index in [4.69, 9.17) is 4.42 Å². The monoisotopic (exact) mass is 591 g/mol. The molecule has 0 fully saturated rings. The number of aromatic nitrogens is 1. The molecule has 3 heteroatoms. The lowest BCUT2D eigenvalue weighted by atomic mass is 9.99. The van der Waals surface area contributed by atoms with Crippen molar-refractivity contribution in [3.63, 3.8) is 0 Å². The molecule has 0 N–H and O–H groups in total. The van der Waals surface area contributed by atoms with Gasteiger partial charge in [-0.05, 0) is 58.7 Å². The maximum Gasteiger partial charge on any atom is 0.160 e. The second kappa shape index (κ2) is 9.43. The molecule has 0 radical (unpaired) electrons. The minimum atomic E-state index is 0.916. The summed E-state index contributed by atoms with van der Waals surface area (Å²) in [7, 11) is 0. The van der Waals surface area contributed by atoms with E-state index in [2.05, 4.69) is 150 Å². The molecule has 10 rings (SSSR count). The van der Waals surface area contributed by atoms with Crippen LogP contribution in [-0.4, -0.2) is 4.57 Å². The van der Waals surface area contributed by atoms with Crippen molar-refractivity contribution in [2.24, 2.45) is 0 Å². The minimum Gasteiger partial charge on any atom is -0.454 e. The Morgan fingerprint density at radius 1 is 0.444 bits per heavy atom. The summed E-state index contributed by atoms with van der Waals surface area (Å²) >= 11 is 1.88. The molecule has 7 aromatic carbocycles. The van der Waals surface area contributed by atoms with Crippen molar-refractivity contribution in [3.8, 4) is 27.9 Å². The number of rotatable bonds is 3. The van der Waals surface area contributed by atoms with Crippen LogP contribution in [0.1, 0.15) is 0 Å². The van der Waals surface area contributed by atoms with Gasteiger partial charge in [-0.2, -0.15) is 0 Å². The van der Waals surface area contributed by atoms with E-state index >= 15 is 0 Å². The Morgan fingerprint density at radius 3 is 1.93 bits per heavy atom. The first-order valence-corrected chi connectivity index (χ1v) is 16.1. The lowest BCUT2D eigenvalue weighted by molar-refractivity contribution is 0.671. The second-order valence-electron chi connectivity index (χ2n) is 11.7. The van der Waals surface area contributed by atoms with E-state index in [0.29, 0.717) is 0 Å². The topological polar surface area (TPSA) is 18.1 Å². The van der Waals surface area contributed by atoms with Crippen LogP contribution in [0.3, 0.4) is 0 Å². The number of para-hydroxylation sites is 2. The average Bonchev–Trinajstić information content (AvgIpc) is 3.78. The van der Waals surface area contributed by atoms with Crippen LogP contribution >= 0.6 is 11.3 Å². The summed E-state index contributed by atoms with van der Waals surface area (Å²) in [4.78, 5) is 0. The quantitative estimate of drug-likeness (QED) is 0.200.